The van der Waals surface area contributed by atoms with Gasteiger partial charge in [-0.15, -0.1) is 0 Å². The van der Waals surface area contributed by atoms with E-state index in [9.17, 15) is 4.79 Å². The Bertz CT molecular complexity index is 326. The van der Waals surface area contributed by atoms with Gasteiger partial charge in [-0.2, -0.15) is 0 Å². The molecule has 1 aliphatic carbocycles. The average Bonchev–Trinajstić information content (AvgIpc) is 2.87. The molecule has 0 aromatic rings. The molecule has 4 heteroatoms. The molecule has 2 unspecified atom stereocenters. The Morgan fingerprint density at radius 2 is 1.79 bits per heavy atom. The van der Waals surface area contributed by atoms with Crippen LogP contribution in [0.3, 0.4) is 0 Å². The number of nitrogens with zero attached hydrogens (tertiary/aromatic N) is 1. The fraction of sp³-hybridized carbons (Fsp3) is 0.933. The van der Waals surface area contributed by atoms with Gasteiger partial charge in [0.2, 0.25) is 0 Å². The molecule has 0 radical (unpaired) electrons. The summed E-state index contributed by atoms with van der Waals surface area (Å²) in [6.07, 6.45) is 9.13. The van der Waals surface area contributed by atoms with Crippen molar-refractivity contribution in [3.05, 3.63) is 0 Å². The van der Waals surface area contributed by atoms with Crippen molar-refractivity contribution in [2.24, 2.45) is 5.92 Å². The quantitative estimate of drug-likeness (QED) is 0.818. The van der Waals surface area contributed by atoms with Gasteiger partial charge in [0.15, 0.2) is 0 Å². The summed E-state index contributed by atoms with van der Waals surface area (Å²) in [5, 5.41) is 12.8. The first-order chi connectivity index (χ1) is 9.22. The number of aliphatic carboxylic acids is 1. The van der Waals surface area contributed by atoms with E-state index in [4.69, 9.17) is 5.11 Å². The predicted octanol–water partition coefficient (Wildman–Crippen LogP) is 1.85. The van der Waals surface area contributed by atoms with Gasteiger partial charge in [0, 0.05) is 18.1 Å². The Balaban J connectivity index is 1.44. The van der Waals surface area contributed by atoms with Gasteiger partial charge in [-0.05, 0) is 64.5 Å². The van der Waals surface area contributed by atoms with Crippen molar-refractivity contribution < 1.29 is 9.90 Å². The maximum absolute atomic E-state index is 10.9. The maximum atomic E-state index is 10.9. The summed E-state index contributed by atoms with van der Waals surface area (Å²) in [5.41, 5.74) is 0. The molecule has 108 valence electrons. The molecule has 2 aliphatic heterocycles. The summed E-state index contributed by atoms with van der Waals surface area (Å²) < 4.78 is 0. The fourth-order valence-electron chi connectivity index (χ4n) is 4.22. The molecule has 2 saturated heterocycles. The number of hydrogen-bond donors (Lipinski definition) is 2. The van der Waals surface area contributed by atoms with Crippen LogP contribution in [0, 0.1) is 5.92 Å². The molecule has 0 aromatic heterocycles. The van der Waals surface area contributed by atoms with Crippen molar-refractivity contribution in [3.8, 4) is 0 Å². The van der Waals surface area contributed by atoms with E-state index in [0.717, 1.165) is 31.7 Å². The number of fused-ring (bicyclic) bond motifs is 1. The monoisotopic (exact) mass is 266 g/mol. The van der Waals surface area contributed by atoms with E-state index in [1.165, 1.54) is 38.8 Å². The van der Waals surface area contributed by atoms with E-state index in [0.29, 0.717) is 12.1 Å². The predicted molar refractivity (Wildman–Crippen MR) is 74.1 cm³/mol. The van der Waals surface area contributed by atoms with Gasteiger partial charge in [0.05, 0.1) is 5.92 Å². The Morgan fingerprint density at radius 1 is 1.00 bits per heavy atom. The van der Waals surface area contributed by atoms with Gasteiger partial charge in [-0.3, -0.25) is 4.79 Å². The second-order valence-corrected chi connectivity index (χ2v) is 6.61. The topological polar surface area (TPSA) is 52.6 Å². The van der Waals surface area contributed by atoms with Crippen molar-refractivity contribution in [2.75, 3.05) is 13.1 Å². The van der Waals surface area contributed by atoms with Crippen molar-refractivity contribution in [2.45, 2.75) is 69.5 Å². The fourth-order valence-corrected chi connectivity index (χ4v) is 4.22. The molecule has 2 heterocycles. The lowest BCUT2D eigenvalue weighted by molar-refractivity contribution is -0.142. The molecule has 0 bridgehead atoms. The molecular weight excluding hydrogens is 240 g/mol. The minimum atomic E-state index is -0.599. The van der Waals surface area contributed by atoms with E-state index < -0.39 is 5.97 Å². The second kappa shape index (κ2) is 5.80. The smallest absolute Gasteiger partial charge is 0.306 e. The largest absolute Gasteiger partial charge is 0.481 e. The van der Waals surface area contributed by atoms with Crippen molar-refractivity contribution in [1.29, 1.82) is 0 Å². The summed E-state index contributed by atoms with van der Waals surface area (Å²) in [7, 11) is 0. The number of rotatable bonds is 3. The van der Waals surface area contributed by atoms with Crippen LogP contribution in [0.4, 0.5) is 0 Å². The number of hydrogen-bond acceptors (Lipinski definition) is 3. The molecule has 0 spiro atoms. The van der Waals surface area contributed by atoms with Crippen LogP contribution in [0.2, 0.25) is 0 Å². The lowest BCUT2D eigenvalue weighted by Gasteiger charge is -2.38. The molecule has 0 amide bonds. The summed E-state index contributed by atoms with van der Waals surface area (Å²) in [4.78, 5) is 13.6. The molecule has 2 atom stereocenters. The molecule has 3 aliphatic rings. The number of carboxylic acids is 1. The molecule has 4 nitrogen and oxygen atoms in total. The van der Waals surface area contributed by atoms with Gasteiger partial charge >= 0.3 is 5.97 Å². The van der Waals surface area contributed by atoms with Gasteiger partial charge in [0.25, 0.3) is 0 Å². The summed E-state index contributed by atoms with van der Waals surface area (Å²) in [5.74, 6) is -0.688. The van der Waals surface area contributed by atoms with E-state index >= 15 is 0 Å². The van der Waals surface area contributed by atoms with Crippen LogP contribution in [0.1, 0.15) is 51.4 Å². The average molecular weight is 266 g/mol. The van der Waals surface area contributed by atoms with Crippen LogP contribution in [0.25, 0.3) is 0 Å². The third-order valence-corrected chi connectivity index (χ3v) is 5.37. The Morgan fingerprint density at radius 3 is 2.53 bits per heavy atom. The van der Waals surface area contributed by atoms with E-state index in [1.807, 2.05) is 0 Å². The zero-order valence-electron chi connectivity index (χ0n) is 11.7. The lowest BCUT2D eigenvalue weighted by Crippen LogP contribution is -2.49. The van der Waals surface area contributed by atoms with Crippen molar-refractivity contribution >= 4 is 5.97 Å². The van der Waals surface area contributed by atoms with Crippen molar-refractivity contribution in [3.63, 3.8) is 0 Å². The zero-order valence-corrected chi connectivity index (χ0v) is 11.7. The Kier molecular flexibility index (Phi) is 4.08. The molecule has 3 fully saturated rings. The van der Waals surface area contributed by atoms with Crippen LogP contribution in [-0.2, 0) is 4.79 Å². The van der Waals surface area contributed by atoms with Crippen LogP contribution in [0.15, 0.2) is 0 Å². The molecular formula is C15H26N2O2. The minimum absolute atomic E-state index is 0.0882. The number of piperidine rings is 1. The molecule has 1 saturated carbocycles. The summed E-state index contributed by atoms with van der Waals surface area (Å²) in [6, 6.07) is 2.06. The highest BCUT2D eigenvalue weighted by Crippen LogP contribution is 2.29. The molecule has 3 rings (SSSR count). The second-order valence-electron chi connectivity index (χ2n) is 6.61. The number of carboxylic acid groups (broad SMARTS) is 1. The molecule has 2 N–H and O–H groups in total. The van der Waals surface area contributed by atoms with Crippen LogP contribution >= 0.6 is 0 Å². The normalized spacial score (nSPS) is 40.0. The Hall–Kier alpha value is -0.610. The zero-order chi connectivity index (χ0) is 13.2. The Labute approximate surface area is 115 Å². The first-order valence-electron chi connectivity index (χ1n) is 7.95. The summed E-state index contributed by atoms with van der Waals surface area (Å²) >= 11 is 0. The van der Waals surface area contributed by atoms with Gasteiger partial charge in [-0.25, -0.2) is 0 Å². The highest BCUT2D eigenvalue weighted by molar-refractivity contribution is 5.70. The number of carbonyl (C=O) groups is 1. The van der Waals surface area contributed by atoms with E-state index in [-0.39, 0.29) is 5.92 Å². The van der Waals surface area contributed by atoms with E-state index in [1.54, 1.807) is 0 Å². The van der Waals surface area contributed by atoms with Crippen LogP contribution in [-0.4, -0.2) is 47.2 Å². The lowest BCUT2D eigenvalue weighted by atomic mass is 9.85. The third kappa shape index (κ3) is 3.11. The van der Waals surface area contributed by atoms with Gasteiger partial charge in [0.1, 0.15) is 0 Å². The van der Waals surface area contributed by atoms with Gasteiger partial charge < -0.3 is 15.3 Å². The SMILES string of the molecule is O=C(O)C1CCC(NC2CCN3CCCC3C2)CC1. The summed E-state index contributed by atoms with van der Waals surface area (Å²) in [6.45, 7) is 2.56. The van der Waals surface area contributed by atoms with Gasteiger partial charge in [-0.1, -0.05) is 0 Å². The highest BCUT2D eigenvalue weighted by Gasteiger charge is 2.33. The maximum Gasteiger partial charge on any atom is 0.306 e. The minimum Gasteiger partial charge on any atom is -0.481 e. The van der Waals surface area contributed by atoms with Crippen LogP contribution < -0.4 is 5.32 Å². The van der Waals surface area contributed by atoms with Crippen LogP contribution in [0.5, 0.6) is 0 Å². The van der Waals surface area contributed by atoms with E-state index in [2.05, 4.69) is 10.2 Å². The first kappa shape index (κ1) is 13.4. The molecule has 0 aromatic carbocycles. The number of nitrogens with one attached hydrogen (secondary N) is 1. The first-order valence-corrected chi connectivity index (χ1v) is 7.95. The third-order valence-electron chi connectivity index (χ3n) is 5.37. The standard InChI is InChI=1S/C15H26N2O2/c18-15(19)11-3-5-12(6-4-11)16-13-7-9-17-8-1-2-14(17)10-13/h11-14,16H,1-10H2,(H,18,19). The van der Waals surface area contributed by atoms with Crippen molar-refractivity contribution in [1.82, 2.24) is 10.2 Å². The highest BCUT2D eigenvalue weighted by atomic mass is 16.4. The molecule has 19 heavy (non-hydrogen) atoms.